The van der Waals surface area contributed by atoms with Crippen LogP contribution in [0, 0.1) is 0 Å². The lowest BCUT2D eigenvalue weighted by atomic mass is 10.3. The van der Waals surface area contributed by atoms with E-state index in [9.17, 15) is 0 Å². The molecule has 2 fully saturated rings. The summed E-state index contributed by atoms with van der Waals surface area (Å²) in [6.07, 6.45) is 0. The molecule has 2 aromatic heterocycles. The molecule has 2 aliphatic rings. The fourth-order valence-electron chi connectivity index (χ4n) is 4.18. The van der Waals surface area contributed by atoms with Gasteiger partial charge in [0.15, 0.2) is 21.9 Å². The summed E-state index contributed by atoms with van der Waals surface area (Å²) in [7, 11) is 3.33. The molecular weight excluding hydrogens is 719 g/mol. The van der Waals surface area contributed by atoms with Crippen LogP contribution in [0.1, 0.15) is 7.43 Å². The highest BCUT2D eigenvalue weighted by Crippen LogP contribution is 2.16. The molecule has 50 heavy (non-hydrogen) atoms. The summed E-state index contributed by atoms with van der Waals surface area (Å²) in [6, 6.07) is 0. The van der Waals surface area contributed by atoms with Gasteiger partial charge in [0.25, 0.3) is 0 Å². The first kappa shape index (κ1) is 46.0. The largest absolute Gasteiger partial charge is 0.382 e. The van der Waals surface area contributed by atoms with Gasteiger partial charge in [-0.2, -0.15) is 9.97 Å². The number of nitrogens with one attached hydrogen (secondary N) is 1. The Bertz CT molecular complexity index is 1130. The van der Waals surface area contributed by atoms with E-state index >= 15 is 0 Å². The first-order chi connectivity index (χ1) is 23.8. The topological polar surface area (TPSA) is 207 Å². The number of aromatic nitrogens is 6. The third-order valence-corrected chi connectivity index (χ3v) is 7.58. The average Bonchev–Trinajstić information content (AvgIpc) is 3.11. The normalized spacial score (nSPS) is 15.0. The second-order valence-corrected chi connectivity index (χ2v) is 11.5. The molecule has 0 bridgehead atoms. The predicted octanol–water partition coefficient (Wildman–Crippen LogP) is 0.877. The van der Waals surface area contributed by atoms with Crippen molar-refractivity contribution in [1.29, 1.82) is 0 Å². The minimum absolute atomic E-state index is 0. The van der Waals surface area contributed by atoms with E-state index in [1.807, 2.05) is 0 Å². The van der Waals surface area contributed by atoms with E-state index < -0.39 is 0 Å². The highest BCUT2D eigenvalue weighted by atomic mass is 35.5. The zero-order chi connectivity index (χ0) is 35.5. The molecule has 0 radical (unpaired) electrons. The summed E-state index contributed by atoms with van der Waals surface area (Å²) in [4.78, 5) is 14.5. The number of ether oxygens (including phenoxy) is 6. The van der Waals surface area contributed by atoms with E-state index in [4.69, 9.17) is 74.7 Å². The Hall–Kier alpha value is -2.07. The summed E-state index contributed by atoms with van der Waals surface area (Å²) >= 11 is 16.4. The number of hydrogen-bond donors (Lipinski definition) is 3. The van der Waals surface area contributed by atoms with Crippen LogP contribution in [0.2, 0.25) is 15.6 Å². The Kier molecular flexibility index (Phi) is 27.1. The molecule has 0 amide bonds. The van der Waals surface area contributed by atoms with Crippen molar-refractivity contribution in [2.45, 2.75) is 7.43 Å². The number of nitrogens with two attached hydrogens (primary N) is 2. The minimum atomic E-state index is -0.00287. The van der Waals surface area contributed by atoms with E-state index in [1.54, 1.807) is 14.2 Å². The van der Waals surface area contributed by atoms with Crippen LogP contribution in [-0.2, 0) is 28.4 Å². The summed E-state index contributed by atoms with van der Waals surface area (Å²) in [6.45, 7) is 16.4. The summed E-state index contributed by atoms with van der Waals surface area (Å²) < 4.78 is 31.5. The molecule has 5 N–H and O–H groups in total. The monoisotopic (exact) mass is 772 g/mol. The zero-order valence-corrected chi connectivity index (χ0v) is 30.7. The molecule has 0 spiro atoms. The van der Waals surface area contributed by atoms with Crippen molar-refractivity contribution >= 4 is 52.4 Å². The zero-order valence-electron chi connectivity index (χ0n) is 28.4. The fourth-order valence-corrected chi connectivity index (χ4v) is 4.47. The van der Waals surface area contributed by atoms with Crippen LogP contribution in [-0.4, -0.2) is 186 Å². The van der Waals surface area contributed by atoms with Crippen molar-refractivity contribution < 1.29 is 28.4 Å². The Morgan fingerprint density at radius 3 is 1.48 bits per heavy atom. The molecule has 21 heteroatoms. The summed E-state index contributed by atoms with van der Waals surface area (Å²) in [5.74, 6) is 0.836. The van der Waals surface area contributed by atoms with Crippen LogP contribution in [0.3, 0.4) is 0 Å². The lowest BCUT2D eigenvalue weighted by molar-refractivity contribution is 0.0188. The third-order valence-electron chi connectivity index (χ3n) is 6.88. The molecule has 0 unspecified atom stereocenters. The number of methoxy groups -OCH3 is 2. The van der Waals surface area contributed by atoms with Crippen molar-refractivity contribution in [2.75, 3.05) is 162 Å². The smallest absolute Gasteiger partial charge is 0.247 e. The number of anilines is 3. The lowest BCUT2D eigenvalue weighted by Crippen LogP contribution is -2.48. The van der Waals surface area contributed by atoms with Crippen LogP contribution in [0.15, 0.2) is 0 Å². The van der Waals surface area contributed by atoms with Gasteiger partial charge in [0.2, 0.25) is 11.2 Å². The Morgan fingerprint density at radius 2 is 1.02 bits per heavy atom. The molecule has 18 nitrogen and oxygen atoms in total. The van der Waals surface area contributed by atoms with Crippen molar-refractivity contribution in [1.82, 2.24) is 45.5 Å². The first-order valence-corrected chi connectivity index (χ1v) is 17.1. The fraction of sp³-hybridized carbons (Fsp3) is 0.793. The van der Waals surface area contributed by atoms with Gasteiger partial charge >= 0.3 is 0 Å². The predicted molar refractivity (Wildman–Crippen MR) is 195 cm³/mol. The second kappa shape index (κ2) is 29.5. The number of hydrogen-bond acceptors (Lipinski definition) is 18. The van der Waals surface area contributed by atoms with Crippen LogP contribution < -0.4 is 21.7 Å². The number of nitrogens with zero attached hydrogens (tertiary/aromatic N) is 9. The van der Waals surface area contributed by atoms with E-state index in [1.165, 1.54) is 0 Å². The molecule has 4 rings (SSSR count). The minimum Gasteiger partial charge on any atom is -0.382 e. The van der Waals surface area contributed by atoms with Crippen LogP contribution >= 0.6 is 34.8 Å². The number of nitrogen functional groups attached to an aromatic ring is 2. The molecule has 288 valence electrons. The van der Waals surface area contributed by atoms with Crippen molar-refractivity contribution in [3.05, 3.63) is 15.6 Å². The Balaban J connectivity index is 0.000000413. The van der Waals surface area contributed by atoms with E-state index in [-0.39, 0.29) is 34.7 Å². The molecule has 0 aromatic carbocycles. The molecule has 0 aliphatic carbocycles. The summed E-state index contributed by atoms with van der Waals surface area (Å²) in [5, 5.41) is 18.0. The molecular formula is C29H55Cl3N12O6. The maximum absolute atomic E-state index is 5.74. The molecule has 2 aliphatic heterocycles. The van der Waals surface area contributed by atoms with E-state index in [2.05, 4.69) is 50.4 Å². The number of rotatable bonds is 19. The summed E-state index contributed by atoms with van der Waals surface area (Å²) in [5.41, 5.74) is 10.9. The highest BCUT2D eigenvalue weighted by Gasteiger charge is 2.20. The molecule has 0 atom stereocenters. The molecule has 2 aromatic rings. The highest BCUT2D eigenvalue weighted by molar-refractivity contribution is 6.32. The SMILES string of the molecule is C.COCCOCCOCCN1CCN(c2nnc(Cl)c(N)n2)CC1.COCCOCCOCCN1CCNCC1.Nc1nc(Cl)nnc1Cl. The maximum atomic E-state index is 5.74. The van der Waals surface area contributed by atoms with Gasteiger partial charge in [-0.3, -0.25) is 9.80 Å². The molecule has 4 heterocycles. The van der Waals surface area contributed by atoms with Crippen molar-refractivity contribution in [3.63, 3.8) is 0 Å². The first-order valence-electron chi connectivity index (χ1n) is 16.0. The van der Waals surface area contributed by atoms with E-state index in [0.717, 1.165) is 72.1 Å². The lowest BCUT2D eigenvalue weighted by Gasteiger charge is -2.34. The molecule has 2 saturated heterocycles. The van der Waals surface area contributed by atoms with Crippen molar-refractivity contribution in [2.24, 2.45) is 0 Å². The van der Waals surface area contributed by atoms with Gasteiger partial charge in [-0.1, -0.05) is 30.6 Å². The quantitative estimate of drug-likeness (QED) is 0.169. The van der Waals surface area contributed by atoms with Gasteiger partial charge in [-0.05, 0) is 11.6 Å². The average molecular weight is 774 g/mol. The number of halogens is 3. The third kappa shape index (κ3) is 21.3. The number of piperazine rings is 2. The second-order valence-electron chi connectivity index (χ2n) is 10.4. The van der Waals surface area contributed by atoms with Crippen LogP contribution in [0.4, 0.5) is 17.6 Å². The molecule has 0 saturated carbocycles. The van der Waals surface area contributed by atoms with Gasteiger partial charge in [0.1, 0.15) is 0 Å². The van der Waals surface area contributed by atoms with Gasteiger partial charge in [0.05, 0.1) is 66.1 Å². The Morgan fingerprint density at radius 1 is 0.580 bits per heavy atom. The van der Waals surface area contributed by atoms with Gasteiger partial charge in [0, 0.05) is 79.7 Å². The van der Waals surface area contributed by atoms with Crippen LogP contribution in [0.25, 0.3) is 0 Å². The van der Waals surface area contributed by atoms with Gasteiger partial charge in [-0.15, -0.1) is 20.4 Å². The van der Waals surface area contributed by atoms with Crippen molar-refractivity contribution in [3.8, 4) is 0 Å². The maximum Gasteiger partial charge on any atom is 0.247 e. The van der Waals surface area contributed by atoms with Gasteiger partial charge < -0.3 is 50.1 Å². The van der Waals surface area contributed by atoms with Gasteiger partial charge in [-0.25, -0.2) is 0 Å². The standard InChI is InChI=1S/C14H25ClN6O3.C11H24N2O3.C3H2Cl2N4.CH4/c1-22-8-9-24-11-10-23-7-6-20-2-4-21(5-3-20)14-17-13(16)12(15)18-19-14;1-14-8-9-16-11-10-15-7-6-13-4-2-12-3-5-13;4-1-2(6)7-3(5)9-8-1;/h2-11H2,1H3,(H2,16,17,19);12H,2-11H2,1H3;(H2,6,7,9);1H4. The Labute approximate surface area is 310 Å². The van der Waals surface area contributed by atoms with Crippen LogP contribution in [0.5, 0.6) is 0 Å². The van der Waals surface area contributed by atoms with E-state index in [0.29, 0.717) is 65.4 Å².